The van der Waals surface area contributed by atoms with Gasteiger partial charge in [0.05, 0.1) is 17.8 Å². The molecule has 2 heterocycles. The minimum atomic E-state index is 0.216. The van der Waals surface area contributed by atoms with E-state index in [4.69, 9.17) is 4.99 Å². The summed E-state index contributed by atoms with van der Waals surface area (Å²) in [7, 11) is 0. The van der Waals surface area contributed by atoms with Crippen LogP contribution in [0.15, 0.2) is 151 Å². The molecule has 0 aromatic heterocycles. The molecule has 6 aromatic rings. The van der Waals surface area contributed by atoms with Gasteiger partial charge < -0.3 is 4.90 Å². The van der Waals surface area contributed by atoms with Crippen LogP contribution < -0.4 is 4.90 Å². The number of aliphatic imine (C=N–C) groups is 1. The van der Waals surface area contributed by atoms with Crippen molar-refractivity contribution in [2.24, 2.45) is 4.99 Å². The first-order chi connectivity index (χ1) is 20.8. The molecule has 0 amide bonds. The Labute approximate surface area is 245 Å². The Morgan fingerprint density at radius 1 is 0.524 bits per heavy atom. The highest BCUT2D eigenvalue weighted by Crippen LogP contribution is 2.45. The number of benzene rings is 6. The second-order valence-corrected chi connectivity index (χ2v) is 11.5. The number of hydrogen-bond donors (Lipinski definition) is 0. The van der Waals surface area contributed by atoms with Gasteiger partial charge in [0.25, 0.3) is 0 Å². The van der Waals surface area contributed by atoms with Gasteiger partial charge in [0.1, 0.15) is 5.84 Å². The fourth-order valence-corrected chi connectivity index (χ4v) is 7.13. The molecule has 2 heteroatoms. The molecule has 198 valence electrons. The molecule has 2 bridgehead atoms. The van der Waals surface area contributed by atoms with E-state index in [0.29, 0.717) is 6.04 Å². The van der Waals surface area contributed by atoms with Gasteiger partial charge in [-0.2, -0.15) is 0 Å². The first kappa shape index (κ1) is 23.5. The van der Waals surface area contributed by atoms with Gasteiger partial charge in [-0.05, 0) is 74.0 Å². The quantitative estimate of drug-likeness (QED) is 0.201. The summed E-state index contributed by atoms with van der Waals surface area (Å²) in [5, 5.41) is 5.16. The molecular weight excluding hydrogens is 508 g/mol. The minimum Gasteiger partial charge on any atom is -0.319 e. The maximum atomic E-state index is 5.23. The molecular formula is C40H28N2. The summed E-state index contributed by atoms with van der Waals surface area (Å²) in [6, 6.07) is 45.1. The summed E-state index contributed by atoms with van der Waals surface area (Å²) in [6.45, 7) is 0. The van der Waals surface area contributed by atoms with E-state index in [9.17, 15) is 0 Å². The van der Waals surface area contributed by atoms with Crippen LogP contribution in [0.25, 0.3) is 54.9 Å². The van der Waals surface area contributed by atoms with E-state index in [1.807, 2.05) is 0 Å². The topological polar surface area (TPSA) is 15.6 Å². The van der Waals surface area contributed by atoms with Crippen LogP contribution in [-0.2, 0) is 0 Å². The molecule has 0 saturated carbocycles. The van der Waals surface area contributed by atoms with E-state index >= 15 is 0 Å². The van der Waals surface area contributed by atoms with Gasteiger partial charge in [-0.15, -0.1) is 0 Å². The van der Waals surface area contributed by atoms with Gasteiger partial charge in [0.2, 0.25) is 0 Å². The predicted octanol–water partition coefficient (Wildman–Crippen LogP) is 9.83. The number of nitrogens with zero attached hydrogens (tertiary/aromatic N) is 2. The summed E-state index contributed by atoms with van der Waals surface area (Å²) in [5.41, 5.74) is 9.95. The van der Waals surface area contributed by atoms with E-state index in [1.165, 1.54) is 66.2 Å². The maximum absolute atomic E-state index is 5.23. The fourth-order valence-electron chi connectivity index (χ4n) is 7.13. The standard InChI is InChI=1S/C40H28N2/c1-4-12-32-29(9-1)24-37(34-14-6-5-13-33(32)34)27-19-17-26(18-20-27)28-21-22-36-38(23-28)35-15-7-8-16-39(35)42-31-11-3-2-10-30(25-31)41-40(36)42/h1-24,30-31H,25H2. The summed E-state index contributed by atoms with van der Waals surface area (Å²) in [5.74, 6) is 1.09. The fraction of sp³-hybridized carbons (Fsp3) is 0.0750. The van der Waals surface area contributed by atoms with Crippen molar-refractivity contribution in [1.29, 1.82) is 0 Å². The Bertz CT molecular complexity index is 2130. The van der Waals surface area contributed by atoms with Gasteiger partial charge in [0, 0.05) is 11.1 Å². The normalized spacial score (nSPS) is 18.3. The number of fused-ring (bicyclic) bond motifs is 12. The van der Waals surface area contributed by atoms with Crippen LogP contribution in [0.4, 0.5) is 5.69 Å². The smallest absolute Gasteiger partial charge is 0.137 e. The molecule has 42 heavy (non-hydrogen) atoms. The van der Waals surface area contributed by atoms with E-state index in [0.717, 1.165) is 12.3 Å². The number of allylic oxidation sites excluding steroid dienone is 2. The molecule has 6 aromatic carbocycles. The molecule has 2 unspecified atom stereocenters. The van der Waals surface area contributed by atoms with Crippen molar-refractivity contribution in [1.82, 2.24) is 0 Å². The van der Waals surface area contributed by atoms with Crippen LogP contribution in [0.1, 0.15) is 12.0 Å². The average Bonchev–Trinajstić information content (AvgIpc) is 3.25. The third kappa shape index (κ3) is 3.55. The third-order valence-electron chi connectivity index (χ3n) is 9.12. The summed E-state index contributed by atoms with van der Waals surface area (Å²) >= 11 is 0. The van der Waals surface area contributed by atoms with Gasteiger partial charge in [0.15, 0.2) is 0 Å². The van der Waals surface area contributed by atoms with Crippen molar-refractivity contribution in [2.45, 2.75) is 18.5 Å². The summed E-state index contributed by atoms with van der Waals surface area (Å²) in [6.07, 6.45) is 9.89. The number of hydrogen-bond acceptors (Lipinski definition) is 2. The lowest BCUT2D eigenvalue weighted by Gasteiger charge is -2.42. The van der Waals surface area contributed by atoms with Crippen LogP contribution in [0.5, 0.6) is 0 Å². The van der Waals surface area contributed by atoms with Crippen LogP contribution in [0.3, 0.4) is 0 Å². The van der Waals surface area contributed by atoms with Gasteiger partial charge in [-0.25, -0.2) is 0 Å². The van der Waals surface area contributed by atoms with Crippen molar-refractivity contribution in [3.63, 3.8) is 0 Å². The third-order valence-corrected chi connectivity index (χ3v) is 9.12. The van der Waals surface area contributed by atoms with Crippen LogP contribution >= 0.6 is 0 Å². The SMILES string of the molecule is C1=CC2CC(C=C1)N1C(=N2)c2ccc(-c3ccc(-c4cc5ccccc5c5ccccc45)cc3)cc2-c2ccccc21. The van der Waals surface area contributed by atoms with Crippen molar-refractivity contribution in [3.05, 3.63) is 151 Å². The van der Waals surface area contributed by atoms with Gasteiger partial charge >= 0.3 is 0 Å². The second kappa shape index (κ2) is 9.15. The molecule has 0 spiro atoms. The number of rotatable bonds is 2. The molecule has 9 rings (SSSR count). The van der Waals surface area contributed by atoms with Crippen molar-refractivity contribution >= 4 is 33.1 Å². The molecule has 1 aliphatic carbocycles. The average molecular weight is 537 g/mol. The van der Waals surface area contributed by atoms with Crippen LogP contribution in [0.2, 0.25) is 0 Å². The predicted molar refractivity (Wildman–Crippen MR) is 177 cm³/mol. The highest BCUT2D eigenvalue weighted by atomic mass is 15.3. The Balaban J connectivity index is 1.15. The molecule has 0 fully saturated rings. The highest BCUT2D eigenvalue weighted by Gasteiger charge is 2.36. The lowest BCUT2D eigenvalue weighted by molar-refractivity contribution is 0.622. The maximum Gasteiger partial charge on any atom is 0.137 e. The van der Waals surface area contributed by atoms with E-state index in [1.54, 1.807) is 0 Å². The molecule has 3 aliphatic rings. The first-order valence-electron chi connectivity index (χ1n) is 14.8. The second-order valence-electron chi connectivity index (χ2n) is 11.5. The molecule has 2 aliphatic heterocycles. The van der Waals surface area contributed by atoms with Crippen molar-refractivity contribution < 1.29 is 0 Å². The first-order valence-corrected chi connectivity index (χ1v) is 14.8. The molecule has 0 N–H and O–H groups in total. The zero-order valence-corrected chi connectivity index (χ0v) is 23.1. The monoisotopic (exact) mass is 536 g/mol. The lowest BCUT2D eigenvalue weighted by atomic mass is 9.86. The van der Waals surface area contributed by atoms with E-state index < -0.39 is 0 Å². The Morgan fingerprint density at radius 2 is 1.24 bits per heavy atom. The largest absolute Gasteiger partial charge is 0.319 e. The van der Waals surface area contributed by atoms with Crippen LogP contribution in [-0.4, -0.2) is 17.9 Å². The zero-order valence-electron chi connectivity index (χ0n) is 23.1. The van der Waals surface area contributed by atoms with Crippen LogP contribution in [0, 0.1) is 0 Å². The van der Waals surface area contributed by atoms with Crippen molar-refractivity contribution in [3.8, 4) is 33.4 Å². The molecule has 2 nitrogen and oxygen atoms in total. The zero-order chi connectivity index (χ0) is 27.6. The van der Waals surface area contributed by atoms with Gasteiger partial charge in [-0.3, -0.25) is 4.99 Å². The minimum absolute atomic E-state index is 0.216. The van der Waals surface area contributed by atoms with E-state index in [-0.39, 0.29) is 6.04 Å². The summed E-state index contributed by atoms with van der Waals surface area (Å²) in [4.78, 5) is 7.68. The molecule has 0 saturated heterocycles. The van der Waals surface area contributed by atoms with Gasteiger partial charge in [-0.1, -0.05) is 127 Å². The molecule has 0 radical (unpaired) electrons. The summed E-state index contributed by atoms with van der Waals surface area (Å²) < 4.78 is 0. The molecule has 2 atom stereocenters. The Morgan fingerprint density at radius 3 is 2.14 bits per heavy atom. The van der Waals surface area contributed by atoms with Crippen molar-refractivity contribution in [2.75, 3.05) is 4.90 Å². The number of amidine groups is 1. The Hall–Kier alpha value is -5.21. The number of anilines is 1. The Kier molecular flexibility index (Phi) is 5.12. The number of para-hydroxylation sites is 1. The highest BCUT2D eigenvalue weighted by molar-refractivity contribution is 6.20. The van der Waals surface area contributed by atoms with E-state index in [2.05, 4.69) is 151 Å². The lowest BCUT2D eigenvalue weighted by Crippen LogP contribution is -2.47.